The van der Waals surface area contributed by atoms with Crippen LogP contribution in [-0.2, 0) is 13.3 Å². The molecule has 0 aromatic rings. The fourth-order valence-electron chi connectivity index (χ4n) is 8.22. The van der Waals surface area contributed by atoms with Crippen LogP contribution in [0.2, 0.25) is 54.4 Å². The summed E-state index contributed by atoms with van der Waals surface area (Å²) in [5.74, 6) is 2.34. The summed E-state index contributed by atoms with van der Waals surface area (Å²) in [6.07, 6.45) is 17.6. The van der Waals surface area contributed by atoms with Crippen LogP contribution in [0.3, 0.4) is 0 Å². The average molecular weight is 731 g/mol. The summed E-state index contributed by atoms with van der Waals surface area (Å²) >= 11 is 0. The summed E-state index contributed by atoms with van der Waals surface area (Å²) < 4.78 is 20.7. The second-order valence-electron chi connectivity index (χ2n) is 21.5. The molecule has 0 spiro atoms. The zero-order valence-corrected chi connectivity index (χ0v) is 38.8. The smallest absolute Gasteiger partial charge is 0.192 e. The summed E-state index contributed by atoms with van der Waals surface area (Å²) in [5.41, 5.74) is 4.81. The maximum atomic E-state index is 7.12. The number of fused-ring (bicyclic) bond motifs is 1. The van der Waals surface area contributed by atoms with Crippen molar-refractivity contribution in [3.8, 4) is 0 Å². The van der Waals surface area contributed by atoms with Crippen molar-refractivity contribution >= 4 is 25.0 Å². The number of rotatable bonds is 12. The van der Waals surface area contributed by atoms with Crippen LogP contribution in [0.4, 0.5) is 0 Å². The van der Waals surface area contributed by atoms with E-state index >= 15 is 0 Å². The first kappa shape index (κ1) is 43.2. The van der Waals surface area contributed by atoms with E-state index in [0.717, 1.165) is 37.2 Å². The maximum Gasteiger partial charge on any atom is 0.192 e. The Labute approximate surface area is 309 Å². The van der Waals surface area contributed by atoms with Gasteiger partial charge in [-0.2, -0.15) is 0 Å². The Balaban J connectivity index is 1.76. The van der Waals surface area contributed by atoms with Gasteiger partial charge in [0.25, 0.3) is 0 Å². The van der Waals surface area contributed by atoms with E-state index in [9.17, 15) is 0 Å². The first-order valence-electron chi connectivity index (χ1n) is 20.2. The van der Waals surface area contributed by atoms with Crippen LogP contribution in [0.15, 0.2) is 35.5 Å². The Bertz CT molecular complexity index is 1150. The molecular formula is C43H82O3Si3. The predicted molar refractivity (Wildman–Crippen MR) is 223 cm³/mol. The van der Waals surface area contributed by atoms with E-state index in [1.54, 1.807) is 5.57 Å². The second-order valence-corrected chi connectivity index (χ2v) is 35.8. The van der Waals surface area contributed by atoms with Gasteiger partial charge in [-0.05, 0) is 135 Å². The third-order valence-corrected chi connectivity index (χ3v) is 28.3. The average Bonchev–Trinajstić information content (AvgIpc) is 3.29. The molecular weight excluding hydrogens is 649 g/mol. The van der Waals surface area contributed by atoms with E-state index in [4.69, 9.17) is 13.3 Å². The van der Waals surface area contributed by atoms with Gasteiger partial charge in [0.05, 0.1) is 12.2 Å². The molecule has 0 aliphatic heterocycles. The molecule has 0 heterocycles. The summed E-state index contributed by atoms with van der Waals surface area (Å²) in [6, 6.07) is 0. The van der Waals surface area contributed by atoms with E-state index in [1.807, 2.05) is 0 Å². The maximum absolute atomic E-state index is 7.12. The molecule has 0 unspecified atom stereocenters. The molecule has 49 heavy (non-hydrogen) atoms. The lowest BCUT2D eigenvalue weighted by Crippen LogP contribution is -2.49. The van der Waals surface area contributed by atoms with Gasteiger partial charge < -0.3 is 13.3 Å². The largest absolute Gasteiger partial charge is 0.417 e. The van der Waals surface area contributed by atoms with Gasteiger partial charge in [-0.3, -0.25) is 0 Å². The van der Waals surface area contributed by atoms with Crippen LogP contribution in [0, 0.1) is 23.2 Å². The lowest BCUT2D eigenvalue weighted by molar-refractivity contribution is 0.0926. The van der Waals surface area contributed by atoms with Gasteiger partial charge in [-0.1, -0.05) is 119 Å². The number of unbranched alkanes of at least 4 members (excludes halogenated alkanes) is 1. The lowest BCUT2D eigenvalue weighted by atomic mass is 9.60. The molecule has 3 fully saturated rings. The normalized spacial score (nSPS) is 29.4. The van der Waals surface area contributed by atoms with Crippen LogP contribution in [0.25, 0.3) is 0 Å². The molecule has 284 valence electrons. The van der Waals surface area contributed by atoms with Crippen molar-refractivity contribution in [3.63, 3.8) is 0 Å². The van der Waals surface area contributed by atoms with Gasteiger partial charge in [-0.25, -0.2) is 0 Å². The molecule has 0 radical (unpaired) electrons. The standard InChI is InChI=1S/C43H82O3Si3/c1-32(22-19-20-29-44-47(13,14)40(3,4)5)36-26-27-37-35(23-21-28-43(36,37)12)25-24-34-30-38(45-48(15,16)41(6,7)8)33(2)39(31-34)46-49(17,18)42(9,10)11/h24-25,32,36-39H,2,19-23,26-31H2,1,3-18H3/t32-,36+,37-,38+,39+,43+/m0/s1. The minimum absolute atomic E-state index is 0.0367. The highest BCUT2D eigenvalue weighted by Gasteiger charge is 2.51. The molecule has 0 aromatic carbocycles. The number of hydrogen-bond acceptors (Lipinski definition) is 3. The fraction of sp³-hybridized carbons (Fsp3) is 0.860. The molecule has 6 heteroatoms. The lowest BCUT2D eigenvalue weighted by Gasteiger charge is -2.46. The summed E-state index contributed by atoms with van der Waals surface area (Å²) in [7, 11) is -5.59. The molecule has 3 aliphatic carbocycles. The summed E-state index contributed by atoms with van der Waals surface area (Å²) in [4.78, 5) is 0. The molecule has 0 N–H and O–H groups in total. The third kappa shape index (κ3) is 10.2. The first-order valence-corrected chi connectivity index (χ1v) is 28.9. The predicted octanol–water partition coefficient (Wildman–Crippen LogP) is 14.0. The Morgan fingerprint density at radius 3 is 1.78 bits per heavy atom. The number of allylic oxidation sites excluding steroid dienone is 3. The van der Waals surface area contributed by atoms with Gasteiger partial charge in [-0.15, -0.1) is 0 Å². The minimum atomic E-state index is -1.97. The van der Waals surface area contributed by atoms with Crippen molar-refractivity contribution in [1.29, 1.82) is 0 Å². The van der Waals surface area contributed by atoms with Crippen LogP contribution >= 0.6 is 0 Å². The van der Waals surface area contributed by atoms with Crippen LogP contribution in [0.5, 0.6) is 0 Å². The highest BCUT2D eigenvalue weighted by atomic mass is 28.4. The Morgan fingerprint density at radius 1 is 0.776 bits per heavy atom. The minimum Gasteiger partial charge on any atom is -0.417 e. The molecule has 3 saturated carbocycles. The van der Waals surface area contributed by atoms with Crippen molar-refractivity contribution in [2.45, 2.75) is 207 Å². The van der Waals surface area contributed by atoms with E-state index < -0.39 is 25.0 Å². The molecule has 3 rings (SSSR count). The van der Waals surface area contributed by atoms with E-state index in [1.165, 1.54) is 62.5 Å². The quantitative estimate of drug-likeness (QED) is 0.114. The topological polar surface area (TPSA) is 27.7 Å². The van der Waals surface area contributed by atoms with Crippen molar-refractivity contribution in [1.82, 2.24) is 0 Å². The van der Waals surface area contributed by atoms with Gasteiger partial charge in [0.1, 0.15) is 0 Å². The highest BCUT2D eigenvalue weighted by Crippen LogP contribution is 2.60. The van der Waals surface area contributed by atoms with Gasteiger partial charge in [0.2, 0.25) is 0 Å². The van der Waals surface area contributed by atoms with Gasteiger partial charge >= 0.3 is 0 Å². The molecule has 3 nitrogen and oxygen atoms in total. The monoisotopic (exact) mass is 731 g/mol. The number of hydrogen-bond donors (Lipinski definition) is 0. The molecule has 0 saturated heterocycles. The van der Waals surface area contributed by atoms with Crippen LogP contribution in [-0.4, -0.2) is 43.8 Å². The highest BCUT2D eigenvalue weighted by molar-refractivity contribution is 6.75. The molecule has 0 bridgehead atoms. The van der Waals surface area contributed by atoms with Crippen molar-refractivity contribution in [2.75, 3.05) is 6.61 Å². The fourth-order valence-corrected chi connectivity index (χ4v) is 11.9. The van der Waals surface area contributed by atoms with E-state index in [0.29, 0.717) is 10.5 Å². The van der Waals surface area contributed by atoms with Gasteiger partial charge in [0.15, 0.2) is 25.0 Å². The zero-order valence-electron chi connectivity index (χ0n) is 35.8. The molecule has 0 amide bonds. The molecule has 3 aliphatic rings. The van der Waals surface area contributed by atoms with Crippen LogP contribution < -0.4 is 0 Å². The Kier molecular flexibility index (Phi) is 13.8. The second kappa shape index (κ2) is 15.6. The Hall–Kier alpha value is -0.249. The molecule has 6 atom stereocenters. The SMILES string of the molecule is C=C1[C@H](O[Si](C)(C)C(C)(C)C)CC(=CC=C2CCC[C@]3(C)[C@@H]([C@@H](C)CCCCO[Si](C)(C)C(C)(C)C)CC[C@@H]23)C[C@H]1O[Si](C)(C)C(C)(C)C. The Morgan fingerprint density at radius 2 is 1.29 bits per heavy atom. The first-order chi connectivity index (χ1) is 22.1. The van der Waals surface area contributed by atoms with E-state index in [-0.39, 0.29) is 22.3 Å². The summed E-state index contributed by atoms with van der Waals surface area (Å²) in [6.45, 7) is 46.2. The van der Waals surface area contributed by atoms with Crippen molar-refractivity contribution in [3.05, 3.63) is 35.5 Å². The van der Waals surface area contributed by atoms with Crippen LogP contribution in [0.1, 0.15) is 140 Å². The van der Waals surface area contributed by atoms with E-state index in [2.05, 4.69) is 134 Å². The molecule has 0 aromatic heterocycles. The summed E-state index contributed by atoms with van der Waals surface area (Å²) in [5, 5.41) is 0.614. The zero-order chi connectivity index (χ0) is 37.4. The van der Waals surface area contributed by atoms with Gasteiger partial charge in [0, 0.05) is 6.61 Å². The third-order valence-electron chi connectivity index (χ3n) is 14.8. The van der Waals surface area contributed by atoms with Crippen molar-refractivity contribution in [2.24, 2.45) is 23.2 Å². The van der Waals surface area contributed by atoms with Crippen molar-refractivity contribution < 1.29 is 13.3 Å².